The van der Waals surface area contributed by atoms with Crippen molar-refractivity contribution in [2.45, 2.75) is 37.8 Å². The summed E-state index contributed by atoms with van der Waals surface area (Å²) >= 11 is 0. The number of hydrogen-bond donors (Lipinski definition) is 0. The molecule has 2 aliphatic carbocycles. The normalized spacial score (nSPS) is 17.4. The third-order valence-electron chi connectivity index (χ3n) is 6.92. The molecule has 1 fully saturated rings. The number of nitrogens with zero attached hydrogens (tertiary/aromatic N) is 7. The molecule has 3 aromatic heterocycles. The highest BCUT2D eigenvalue weighted by atomic mass is 19.4. The van der Waals surface area contributed by atoms with Crippen LogP contribution in [0.5, 0.6) is 11.6 Å². The summed E-state index contributed by atoms with van der Waals surface area (Å²) in [4.78, 5) is 36.1. The lowest BCUT2D eigenvalue weighted by molar-refractivity contribution is -0.141. The summed E-state index contributed by atoms with van der Waals surface area (Å²) in [5, 5.41) is 0. The number of fused-ring (bicyclic) bond motifs is 1. The van der Waals surface area contributed by atoms with E-state index in [0.717, 1.165) is 30.3 Å². The Kier molecular flexibility index (Phi) is 6.07. The molecule has 0 unspecified atom stereocenters. The van der Waals surface area contributed by atoms with Crippen LogP contribution in [0.15, 0.2) is 36.4 Å². The molecule has 1 amide bonds. The van der Waals surface area contributed by atoms with Crippen molar-refractivity contribution in [3.8, 4) is 23.0 Å². The zero-order valence-corrected chi connectivity index (χ0v) is 21.2. The van der Waals surface area contributed by atoms with Gasteiger partial charge in [-0.2, -0.15) is 13.2 Å². The van der Waals surface area contributed by atoms with Crippen molar-refractivity contribution < 1.29 is 27.4 Å². The molecule has 0 bridgehead atoms. The number of carbonyl (C=O) groups is 1. The Bertz CT molecular complexity index is 1530. The highest BCUT2D eigenvalue weighted by molar-refractivity contribution is 5.97. The number of methoxy groups -OCH3 is 1. The molecular formula is C26H24F3N7O3. The van der Waals surface area contributed by atoms with Crippen molar-refractivity contribution in [1.29, 1.82) is 0 Å². The van der Waals surface area contributed by atoms with Crippen molar-refractivity contribution in [1.82, 2.24) is 29.5 Å². The molecule has 0 radical (unpaired) electrons. The summed E-state index contributed by atoms with van der Waals surface area (Å²) in [7, 11) is 3.06. The van der Waals surface area contributed by atoms with E-state index in [0.29, 0.717) is 47.2 Å². The number of imidazole rings is 1. The minimum absolute atomic E-state index is 0.150. The second-order valence-corrected chi connectivity index (χ2v) is 9.64. The Morgan fingerprint density at radius 2 is 1.95 bits per heavy atom. The first-order valence-electron chi connectivity index (χ1n) is 12.4. The lowest BCUT2D eigenvalue weighted by Crippen LogP contribution is -2.41. The van der Waals surface area contributed by atoms with Crippen LogP contribution in [0, 0.1) is 0 Å². The van der Waals surface area contributed by atoms with Gasteiger partial charge in [0.25, 0.3) is 5.91 Å². The first-order chi connectivity index (χ1) is 18.7. The average molecular weight is 540 g/mol. The zero-order chi connectivity index (χ0) is 27.3. The number of halogens is 3. The maximum absolute atomic E-state index is 13.1. The third kappa shape index (κ3) is 4.72. The zero-order valence-electron chi connectivity index (χ0n) is 21.2. The first kappa shape index (κ1) is 25.0. The number of aryl methyl sites for hydroxylation is 1. The molecule has 3 aliphatic rings. The van der Waals surface area contributed by atoms with Crippen LogP contribution < -0.4 is 14.4 Å². The van der Waals surface area contributed by atoms with Gasteiger partial charge in [-0.25, -0.2) is 24.9 Å². The molecule has 6 rings (SSSR count). The van der Waals surface area contributed by atoms with Gasteiger partial charge < -0.3 is 14.0 Å². The van der Waals surface area contributed by atoms with E-state index in [1.54, 1.807) is 18.0 Å². The number of rotatable bonds is 6. The van der Waals surface area contributed by atoms with Crippen LogP contribution in [-0.2, 0) is 18.0 Å². The van der Waals surface area contributed by atoms with Crippen molar-refractivity contribution in [3.05, 3.63) is 53.7 Å². The molecule has 0 spiro atoms. The molecule has 3 aromatic rings. The average Bonchev–Trinajstić information content (AvgIpc) is 3.70. The number of amides is 1. The molecule has 4 heterocycles. The fourth-order valence-corrected chi connectivity index (χ4v) is 4.79. The second kappa shape index (κ2) is 9.47. The molecule has 1 saturated carbocycles. The van der Waals surface area contributed by atoms with Crippen LogP contribution in [0.25, 0.3) is 17.0 Å². The molecule has 0 aromatic carbocycles. The summed E-state index contributed by atoms with van der Waals surface area (Å²) in [6.07, 6.45) is 6.09. The molecule has 202 valence electrons. The lowest BCUT2D eigenvalue weighted by atomic mass is 9.97. The van der Waals surface area contributed by atoms with Crippen molar-refractivity contribution in [3.63, 3.8) is 0 Å². The Balaban J connectivity index is 1.30. The van der Waals surface area contributed by atoms with Crippen molar-refractivity contribution in [2.24, 2.45) is 7.05 Å². The predicted molar refractivity (Wildman–Crippen MR) is 133 cm³/mol. The molecule has 13 heteroatoms. The monoisotopic (exact) mass is 539 g/mol. The Labute approximate surface area is 221 Å². The van der Waals surface area contributed by atoms with Crippen LogP contribution in [0.3, 0.4) is 0 Å². The Morgan fingerprint density at radius 3 is 2.62 bits per heavy atom. The number of alkyl halides is 3. The molecule has 39 heavy (non-hydrogen) atoms. The minimum atomic E-state index is -4.51. The minimum Gasteiger partial charge on any atom is -0.480 e. The van der Waals surface area contributed by atoms with Gasteiger partial charge in [-0.05, 0) is 31.3 Å². The molecular weight excluding hydrogens is 515 g/mol. The third-order valence-corrected chi connectivity index (χ3v) is 6.92. The van der Waals surface area contributed by atoms with Crippen LogP contribution in [0.4, 0.5) is 19.0 Å². The highest BCUT2D eigenvalue weighted by Crippen LogP contribution is 2.45. The number of ether oxygens (including phenoxy) is 2. The van der Waals surface area contributed by atoms with E-state index < -0.39 is 11.9 Å². The van der Waals surface area contributed by atoms with Gasteiger partial charge in [0.15, 0.2) is 29.7 Å². The number of hydrogen-bond acceptors (Lipinski definition) is 8. The maximum atomic E-state index is 13.1. The van der Waals surface area contributed by atoms with Gasteiger partial charge in [-0.15, -0.1) is 0 Å². The molecule has 0 saturated heterocycles. The first-order valence-corrected chi connectivity index (χ1v) is 12.4. The fourth-order valence-electron chi connectivity index (χ4n) is 4.79. The molecule has 0 atom stereocenters. The SMILES string of the molecule is COc1ncnc(C2CC2)c1-c1ncc2c(n1)N(CC1=CC=C(c3nc(C(F)(F)F)cn3C)CC1)C(=O)CO2. The summed E-state index contributed by atoms with van der Waals surface area (Å²) in [6, 6.07) is 0. The van der Waals surface area contributed by atoms with E-state index in [1.165, 1.54) is 24.2 Å². The van der Waals surface area contributed by atoms with E-state index >= 15 is 0 Å². The molecule has 0 N–H and O–H groups in total. The topological polar surface area (TPSA) is 108 Å². The Hall–Kier alpha value is -4.29. The van der Waals surface area contributed by atoms with Gasteiger partial charge in [0.1, 0.15) is 17.7 Å². The van der Waals surface area contributed by atoms with E-state index in [2.05, 4.69) is 19.9 Å². The van der Waals surface area contributed by atoms with Gasteiger partial charge in [-0.3, -0.25) is 9.69 Å². The van der Waals surface area contributed by atoms with Gasteiger partial charge in [-0.1, -0.05) is 17.7 Å². The summed E-state index contributed by atoms with van der Waals surface area (Å²) in [5.74, 6) is 1.70. The summed E-state index contributed by atoms with van der Waals surface area (Å²) < 4.78 is 51.7. The van der Waals surface area contributed by atoms with Gasteiger partial charge in [0.05, 0.1) is 19.0 Å². The van der Waals surface area contributed by atoms with Crippen LogP contribution in [-0.4, -0.2) is 55.7 Å². The predicted octanol–water partition coefficient (Wildman–Crippen LogP) is 4.10. The van der Waals surface area contributed by atoms with Crippen LogP contribution in [0.2, 0.25) is 0 Å². The van der Waals surface area contributed by atoms with Gasteiger partial charge >= 0.3 is 6.18 Å². The number of allylic oxidation sites excluding steroid dienone is 3. The van der Waals surface area contributed by atoms with Crippen LogP contribution in [0.1, 0.15) is 48.8 Å². The van der Waals surface area contributed by atoms with Crippen LogP contribution >= 0.6 is 0 Å². The lowest BCUT2D eigenvalue weighted by Gasteiger charge is -2.29. The smallest absolute Gasteiger partial charge is 0.434 e. The van der Waals surface area contributed by atoms with E-state index in [4.69, 9.17) is 14.5 Å². The quantitative estimate of drug-likeness (QED) is 0.461. The number of aromatic nitrogens is 6. The van der Waals surface area contributed by atoms with E-state index in [1.807, 2.05) is 6.08 Å². The summed E-state index contributed by atoms with van der Waals surface area (Å²) in [5.41, 5.74) is 2.10. The molecule has 10 nitrogen and oxygen atoms in total. The van der Waals surface area contributed by atoms with Crippen molar-refractivity contribution >= 4 is 17.3 Å². The van der Waals surface area contributed by atoms with Gasteiger partial charge in [0, 0.05) is 25.7 Å². The summed E-state index contributed by atoms with van der Waals surface area (Å²) in [6.45, 7) is 0.102. The highest BCUT2D eigenvalue weighted by Gasteiger charge is 2.36. The van der Waals surface area contributed by atoms with Crippen molar-refractivity contribution in [2.75, 3.05) is 25.2 Å². The maximum Gasteiger partial charge on any atom is 0.434 e. The largest absolute Gasteiger partial charge is 0.480 e. The standard InChI is InChI=1S/C26H24F3N7O3/c1-35-11-18(26(27,28)29)33-23(35)16-5-3-14(4-6-16)10-36-19(37)12-39-17-9-30-22(34-24(17)36)20-21(15-7-8-15)31-13-32-25(20)38-2/h3,5,9,11,13,15H,4,6-8,10,12H2,1-2H3. The van der Waals surface area contributed by atoms with E-state index in [-0.39, 0.29) is 30.8 Å². The fraction of sp³-hybridized carbons (Fsp3) is 0.385. The number of carbonyl (C=O) groups excluding carboxylic acids is 1. The Morgan fingerprint density at radius 1 is 1.13 bits per heavy atom. The van der Waals surface area contributed by atoms with E-state index in [9.17, 15) is 18.0 Å². The number of anilines is 1. The second-order valence-electron chi connectivity index (χ2n) is 9.64. The van der Waals surface area contributed by atoms with Gasteiger partial charge in [0.2, 0.25) is 5.88 Å². The molecule has 1 aliphatic heterocycles.